The minimum absolute atomic E-state index is 0.201. The summed E-state index contributed by atoms with van der Waals surface area (Å²) in [7, 11) is 0. The Morgan fingerprint density at radius 3 is 2.90 bits per heavy atom. The van der Waals surface area contributed by atoms with E-state index in [-0.39, 0.29) is 5.91 Å². The molecule has 0 aliphatic rings. The van der Waals surface area contributed by atoms with E-state index in [1.165, 1.54) is 6.08 Å². The third kappa shape index (κ3) is 4.76. The van der Waals surface area contributed by atoms with Crippen LogP contribution >= 0.6 is 0 Å². The molecule has 0 spiro atoms. The van der Waals surface area contributed by atoms with Crippen molar-refractivity contribution in [3.63, 3.8) is 0 Å². The number of aromatic nitrogens is 1. The Balaban J connectivity index is 2.02. The summed E-state index contributed by atoms with van der Waals surface area (Å²) in [4.78, 5) is 15.8. The van der Waals surface area contributed by atoms with Gasteiger partial charge in [-0.2, -0.15) is 0 Å². The van der Waals surface area contributed by atoms with E-state index in [0.29, 0.717) is 12.3 Å². The Hall–Kier alpha value is -2.62. The molecule has 0 bridgehead atoms. The van der Waals surface area contributed by atoms with Gasteiger partial charge in [0.15, 0.2) is 0 Å². The number of carbonyl (C=O) groups is 1. The van der Waals surface area contributed by atoms with E-state index < -0.39 is 0 Å². The van der Waals surface area contributed by atoms with Gasteiger partial charge in [0.2, 0.25) is 5.91 Å². The maximum Gasteiger partial charge on any atom is 0.248 e. The molecule has 4 nitrogen and oxygen atoms in total. The van der Waals surface area contributed by atoms with E-state index in [0.717, 1.165) is 17.7 Å². The third-order valence-electron chi connectivity index (χ3n) is 2.72. The van der Waals surface area contributed by atoms with Crippen molar-refractivity contribution >= 4 is 17.7 Å². The zero-order valence-corrected chi connectivity index (χ0v) is 12.0. The Bertz CT molecular complexity index is 609. The van der Waals surface area contributed by atoms with Gasteiger partial charge in [0, 0.05) is 17.8 Å². The number of rotatable bonds is 6. The SMILES string of the molecule is CCCOc1ccccc1/C=C/C(=O)Nc1cccnc1. The van der Waals surface area contributed by atoms with Gasteiger partial charge in [-0.3, -0.25) is 9.78 Å². The number of hydrogen-bond donors (Lipinski definition) is 1. The van der Waals surface area contributed by atoms with Crippen LogP contribution in [-0.4, -0.2) is 17.5 Å². The second-order valence-electron chi connectivity index (χ2n) is 4.45. The van der Waals surface area contributed by atoms with Crippen LogP contribution in [0.15, 0.2) is 54.9 Å². The molecule has 2 aromatic rings. The molecule has 0 aliphatic heterocycles. The Labute approximate surface area is 124 Å². The topological polar surface area (TPSA) is 51.2 Å². The van der Waals surface area contributed by atoms with E-state index in [2.05, 4.69) is 17.2 Å². The van der Waals surface area contributed by atoms with Crippen LogP contribution in [0.25, 0.3) is 6.08 Å². The van der Waals surface area contributed by atoms with Crippen molar-refractivity contribution in [3.05, 3.63) is 60.4 Å². The first-order valence-corrected chi connectivity index (χ1v) is 6.90. The molecule has 2 rings (SSSR count). The van der Waals surface area contributed by atoms with Gasteiger partial charge in [-0.1, -0.05) is 25.1 Å². The molecule has 1 heterocycles. The van der Waals surface area contributed by atoms with Crippen LogP contribution in [0.2, 0.25) is 0 Å². The fourth-order valence-corrected chi connectivity index (χ4v) is 1.75. The van der Waals surface area contributed by atoms with Gasteiger partial charge in [0.25, 0.3) is 0 Å². The van der Waals surface area contributed by atoms with E-state index in [1.807, 2.05) is 24.3 Å². The number of pyridine rings is 1. The number of para-hydroxylation sites is 1. The van der Waals surface area contributed by atoms with Crippen LogP contribution in [0.1, 0.15) is 18.9 Å². The van der Waals surface area contributed by atoms with Crippen LogP contribution in [0.4, 0.5) is 5.69 Å². The summed E-state index contributed by atoms with van der Waals surface area (Å²) in [6.07, 6.45) is 7.44. The lowest BCUT2D eigenvalue weighted by atomic mass is 10.2. The largest absolute Gasteiger partial charge is 0.493 e. The quantitative estimate of drug-likeness (QED) is 0.825. The van der Waals surface area contributed by atoms with E-state index in [4.69, 9.17) is 4.74 Å². The number of carbonyl (C=O) groups excluding carboxylic acids is 1. The molecule has 1 N–H and O–H groups in total. The molecule has 0 fully saturated rings. The minimum Gasteiger partial charge on any atom is -0.493 e. The highest BCUT2D eigenvalue weighted by molar-refractivity contribution is 6.01. The summed E-state index contributed by atoms with van der Waals surface area (Å²) in [5.41, 5.74) is 1.55. The molecule has 0 aliphatic carbocycles. The Morgan fingerprint density at radius 1 is 1.29 bits per heavy atom. The van der Waals surface area contributed by atoms with E-state index in [9.17, 15) is 4.79 Å². The second-order valence-corrected chi connectivity index (χ2v) is 4.45. The Morgan fingerprint density at radius 2 is 2.14 bits per heavy atom. The average Bonchev–Trinajstić information content (AvgIpc) is 2.52. The molecule has 1 amide bonds. The molecule has 21 heavy (non-hydrogen) atoms. The molecule has 0 saturated heterocycles. The first kappa shape index (κ1) is 14.8. The summed E-state index contributed by atoms with van der Waals surface area (Å²) in [6, 6.07) is 11.2. The summed E-state index contributed by atoms with van der Waals surface area (Å²) in [6.45, 7) is 2.71. The van der Waals surface area contributed by atoms with Gasteiger partial charge >= 0.3 is 0 Å². The van der Waals surface area contributed by atoms with Crippen molar-refractivity contribution in [2.24, 2.45) is 0 Å². The number of hydrogen-bond acceptors (Lipinski definition) is 3. The number of nitrogens with one attached hydrogen (secondary N) is 1. The number of nitrogens with zero attached hydrogens (tertiary/aromatic N) is 1. The number of ether oxygens (including phenoxy) is 1. The molecule has 1 aromatic heterocycles. The van der Waals surface area contributed by atoms with E-state index >= 15 is 0 Å². The lowest BCUT2D eigenvalue weighted by Gasteiger charge is -2.07. The summed E-state index contributed by atoms with van der Waals surface area (Å²) in [5, 5.41) is 2.75. The molecular weight excluding hydrogens is 264 g/mol. The number of anilines is 1. The van der Waals surface area contributed by atoms with Gasteiger partial charge in [0.1, 0.15) is 5.75 Å². The van der Waals surface area contributed by atoms with Gasteiger partial charge in [0.05, 0.1) is 18.5 Å². The highest BCUT2D eigenvalue weighted by Gasteiger charge is 2.01. The van der Waals surface area contributed by atoms with Crippen molar-refractivity contribution in [1.82, 2.24) is 4.98 Å². The maximum absolute atomic E-state index is 11.8. The molecule has 0 saturated carbocycles. The van der Waals surface area contributed by atoms with Crippen molar-refractivity contribution in [2.45, 2.75) is 13.3 Å². The highest BCUT2D eigenvalue weighted by atomic mass is 16.5. The normalized spacial score (nSPS) is 10.5. The maximum atomic E-state index is 11.8. The van der Waals surface area contributed by atoms with Gasteiger partial charge < -0.3 is 10.1 Å². The van der Waals surface area contributed by atoms with Crippen molar-refractivity contribution < 1.29 is 9.53 Å². The molecule has 0 unspecified atom stereocenters. The van der Waals surface area contributed by atoms with Gasteiger partial charge in [-0.25, -0.2) is 0 Å². The third-order valence-corrected chi connectivity index (χ3v) is 2.72. The second kappa shape index (κ2) is 7.85. The van der Waals surface area contributed by atoms with Crippen molar-refractivity contribution in [1.29, 1.82) is 0 Å². The lowest BCUT2D eigenvalue weighted by Crippen LogP contribution is -2.07. The minimum atomic E-state index is -0.201. The van der Waals surface area contributed by atoms with Crippen LogP contribution in [-0.2, 0) is 4.79 Å². The average molecular weight is 282 g/mol. The molecule has 1 aromatic carbocycles. The van der Waals surface area contributed by atoms with Crippen molar-refractivity contribution in [3.8, 4) is 5.75 Å². The fourth-order valence-electron chi connectivity index (χ4n) is 1.75. The number of benzene rings is 1. The zero-order chi connectivity index (χ0) is 14.9. The fraction of sp³-hybridized carbons (Fsp3) is 0.176. The van der Waals surface area contributed by atoms with Crippen LogP contribution in [0.5, 0.6) is 5.75 Å². The molecular formula is C17H18N2O2. The molecule has 108 valence electrons. The van der Waals surface area contributed by atoms with Crippen molar-refractivity contribution in [2.75, 3.05) is 11.9 Å². The summed E-state index contributed by atoms with van der Waals surface area (Å²) < 4.78 is 5.64. The summed E-state index contributed by atoms with van der Waals surface area (Å²) >= 11 is 0. The van der Waals surface area contributed by atoms with Gasteiger partial charge in [-0.05, 0) is 30.7 Å². The highest BCUT2D eigenvalue weighted by Crippen LogP contribution is 2.19. The van der Waals surface area contributed by atoms with Crippen LogP contribution in [0.3, 0.4) is 0 Å². The summed E-state index contributed by atoms with van der Waals surface area (Å²) in [5.74, 6) is 0.582. The first-order chi connectivity index (χ1) is 10.3. The van der Waals surface area contributed by atoms with Gasteiger partial charge in [-0.15, -0.1) is 0 Å². The predicted molar refractivity (Wildman–Crippen MR) is 84.1 cm³/mol. The van der Waals surface area contributed by atoms with Crippen LogP contribution < -0.4 is 10.1 Å². The zero-order valence-electron chi connectivity index (χ0n) is 12.0. The molecule has 0 atom stereocenters. The smallest absolute Gasteiger partial charge is 0.248 e. The predicted octanol–water partition coefficient (Wildman–Crippen LogP) is 3.52. The monoisotopic (exact) mass is 282 g/mol. The first-order valence-electron chi connectivity index (χ1n) is 6.90. The van der Waals surface area contributed by atoms with E-state index in [1.54, 1.807) is 30.6 Å². The molecule has 4 heteroatoms. The van der Waals surface area contributed by atoms with Crippen LogP contribution in [0, 0.1) is 0 Å². The molecule has 0 radical (unpaired) electrons. The number of amides is 1. The standard InChI is InChI=1S/C17H18N2O2/c1-2-12-21-16-8-4-3-6-14(16)9-10-17(20)19-15-7-5-11-18-13-15/h3-11,13H,2,12H2,1H3,(H,19,20)/b10-9+. The lowest BCUT2D eigenvalue weighted by molar-refractivity contribution is -0.111. The Kier molecular flexibility index (Phi) is 5.52.